The maximum atomic E-state index is 12.4. The molecule has 0 amide bonds. The molecule has 0 saturated carbocycles. The van der Waals surface area contributed by atoms with E-state index in [2.05, 4.69) is 4.98 Å². The molecule has 0 radical (unpaired) electrons. The normalized spacial score (nSPS) is 24.3. The van der Waals surface area contributed by atoms with Crippen LogP contribution in [0.4, 0.5) is 13.2 Å². The number of rotatable bonds is 2. The first-order valence-corrected chi connectivity index (χ1v) is 5.48. The second-order valence-electron chi connectivity index (χ2n) is 3.87. The summed E-state index contributed by atoms with van der Waals surface area (Å²) in [6, 6.07) is 0.427. The van der Waals surface area contributed by atoms with Gasteiger partial charge in [0.1, 0.15) is 11.1 Å². The second-order valence-corrected chi connectivity index (χ2v) is 4.27. The molecule has 2 unspecified atom stereocenters. The average Bonchev–Trinajstić information content (AvgIpc) is 2.66. The molecular weight excluding hydrogens is 273 g/mol. The molecule has 1 aliphatic rings. The topological polar surface area (TPSA) is 57.4 Å². The molecular formula is C10H10ClF3N2O2. The maximum absolute atomic E-state index is 12.4. The highest BCUT2D eigenvalue weighted by molar-refractivity contribution is 6.31. The summed E-state index contributed by atoms with van der Waals surface area (Å²) in [6.07, 6.45) is -4.27. The van der Waals surface area contributed by atoms with E-state index in [0.717, 1.165) is 6.07 Å². The van der Waals surface area contributed by atoms with Crippen LogP contribution in [0.3, 0.4) is 0 Å². The van der Waals surface area contributed by atoms with Gasteiger partial charge in [-0.3, -0.25) is 0 Å². The fraction of sp³-hybridized carbons (Fsp3) is 0.500. The highest BCUT2D eigenvalue weighted by atomic mass is 35.5. The average molecular weight is 283 g/mol. The van der Waals surface area contributed by atoms with Crippen LogP contribution in [0.5, 0.6) is 5.88 Å². The van der Waals surface area contributed by atoms with Crippen molar-refractivity contribution in [1.82, 2.24) is 4.98 Å². The van der Waals surface area contributed by atoms with Gasteiger partial charge in [0.2, 0.25) is 5.88 Å². The minimum absolute atomic E-state index is 0.0735. The Morgan fingerprint density at radius 1 is 1.44 bits per heavy atom. The molecule has 0 aromatic carbocycles. The Kier molecular flexibility index (Phi) is 3.65. The van der Waals surface area contributed by atoms with Crippen LogP contribution in [0, 0.1) is 0 Å². The molecule has 8 heteroatoms. The van der Waals surface area contributed by atoms with E-state index in [4.69, 9.17) is 26.8 Å². The SMILES string of the molecule is NC1COCC1Oc1ncc(C(F)(F)F)cc1Cl. The molecule has 0 bridgehead atoms. The van der Waals surface area contributed by atoms with E-state index in [9.17, 15) is 13.2 Å². The number of hydrogen-bond donors (Lipinski definition) is 1. The fourth-order valence-corrected chi connectivity index (χ4v) is 1.69. The summed E-state index contributed by atoms with van der Waals surface area (Å²) in [4.78, 5) is 3.56. The summed E-state index contributed by atoms with van der Waals surface area (Å²) < 4.78 is 47.5. The monoisotopic (exact) mass is 282 g/mol. The number of halogens is 4. The van der Waals surface area contributed by atoms with Gasteiger partial charge in [-0.1, -0.05) is 11.6 Å². The van der Waals surface area contributed by atoms with Crippen molar-refractivity contribution in [3.63, 3.8) is 0 Å². The van der Waals surface area contributed by atoms with Crippen LogP contribution in [-0.4, -0.2) is 30.3 Å². The van der Waals surface area contributed by atoms with Gasteiger partial charge in [0.05, 0.1) is 24.8 Å². The maximum Gasteiger partial charge on any atom is 0.417 e. The zero-order valence-electron chi connectivity index (χ0n) is 9.08. The Labute approximate surface area is 106 Å². The Balaban J connectivity index is 2.15. The van der Waals surface area contributed by atoms with E-state index in [1.54, 1.807) is 0 Å². The number of hydrogen-bond acceptors (Lipinski definition) is 4. The van der Waals surface area contributed by atoms with E-state index >= 15 is 0 Å². The zero-order valence-corrected chi connectivity index (χ0v) is 9.83. The number of alkyl halides is 3. The lowest BCUT2D eigenvalue weighted by Crippen LogP contribution is -2.37. The lowest BCUT2D eigenvalue weighted by Gasteiger charge is -2.16. The highest BCUT2D eigenvalue weighted by Gasteiger charge is 2.33. The van der Waals surface area contributed by atoms with E-state index < -0.39 is 17.8 Å². The standard InChI is InChI=1S/C10H10ClF3N2O2/c11-6-1-5(10(12,13)14)2-16-9(6)18-8-4-17-3-7(8)15/h1-2,7-8H,3-4,15H2. The Morgan fingerprint density at radius 2 is 2.17 bits per heavy atom. The van der Waals surface area contributed by atoms with E-state index in [-0.39, 0.29) is 23.6 Å². The quantitative estimate of drug-likeness (QED) is 0.899. The van der Waals surface area contributed by atoms with Crippen molar-refractivity contribution in [2.75, 3.05) is 13.2 Å². The third-order valence-corrected chi connectivity index (χ3v) is 2.74. The fourth-order valence-electron chi connectivity index (χ4n) is 1.48. The molecule has 2 N–H and O–H groups in total. The number of nitrogens with zero attached hydrogens (tertiary/aromatic N) is 1. The summed E-state index contributed by atoms with van der Waals surface area (Å²) >= 11 is 5.69. The molecule has 1 aliphatic heterocycles. The molecule has 18 heavy (non-hydrogen) atoms. The lowest BCUT2D eigenvalue weighted by atomic mass is 10.2. The molecule has 4 nitrogen and oxygen atoms in total. The number of nitrogens with two attached hydrogens (primary N) is 1. The molecule has 100 valence electrons. The molecule has 0 aliphatic carbocycles. The Morgan fingerprint density at radius 3 is 2.67 bits per heavy atom. The predicted octanol–water partition coefficient (Wildman–Crippen LogP) is 1.86. The van der Waals surface area contributed by atoms with Gasteiger partial charge < -0.3 is 15.2 Å². The molecule has 2 rings (SSSR count). The van der Waals surface area contributed by atoms with Crippen molar-refractivity contribution in [1.29, 1.82) is 0 Å². The number of pyridine rings is 1. The van der Waals surface area contributed by atoms with E-state index in [0.29, 0.717) is 12.8 Å². The summed E-state index contributed by atoms with van der Waals surface area (Å²) in [5.41, 5.74) is 4.75. The van der Waals surface area contributed by atoms with E-state index in [1.165, 1.54) is 0 Å². The molecule has 1 aromatic heterocycles. The van der Waals surface area contributed by atoms with Crippen molar-refractivity contribution in [2.45, 2.75) is 18.3 Å². The first-order valence-electron chi connectivity index (χ1n) is 5.10. The molecule has 0 spiro atoms. The van der Waals surface area contributed by atoms with Gasteiger partial charge in [0.15, 0.2) is 0 Å². The van der Waals surface area contributed by atoms with Crippen molar-refractivity contribution in [2.24, 2.45) is 5.73 Å². The first-order chi connectivity index (χ1) is 8.38. The van der Waals surface area contributed by atoms with Crippen LogP contribution in [-0.2, 0) is 10.9 Å². The van der Waals surface area contributed by atoms with Gasteiger partial charge in [-0.2, -0.15) is 13.2 Å². The van der Waals surface area contributed by atoms with Gasteiger partial charge in [-0.05, 0) is 6.07 Å². The second kappa shape index (κ2) is 4.91. The third kappa shape index (κ3) is 2.85. The van der Waals surface area contributed by atoms with Crippen LogP contribution in [0.15, 0.2) is 12.3 Å². The summed E-state index contributed by atoms with van der Waals surface area (Å²) in [7, 11) is 0. The minimum Gasteiger partial charge on any atom is -0.469 e. The molecule has 2 heterocycles. The van der Waals surface area contributed by atoms with E-state index in [1.807, 2.05) is 0 Å². The van der Waals surface area contributed by atoms with Crippen molar-refractivity contribution in [3.8, 4) is 5.88 Å². The van der Waals surface area contributed by atoms with Crippen LogP contribution in [0.1, 0.15) is 5.56 Å². The van der Waals surface area contributed by atoms with Gasteiger partial charge in [-0.25, -0.2) is 4.98 Å². The highest BCUT2D eigenvalue weighted by Crippen LogP contribution is 2.33. The Hall–Kier alpha value is -1.05. The molecule has 1 aromatic rings. The minimum atomic E-state index is -4.48. The molecule has 2 atom stereocenters. The van der Waals surface area contributed by atoms with Crippen LogP contribution in [0.25, 0.3) is 0 Å². The summed E-state index contributed by atoms with van der Waals surface area (Å²) in [5.74, 6) is -0.0735. The summed E-state index contributed by atoms with van der Waals surface area (Å²) in [5, 5.41) is -0.205. The largest absolute Gasteiger partial charge is 0.469 e. The number of aromatic nitrogens is 1. The predicted molar refractivity (Wildman–Crippen MR) is 57.5 cm³/mol. The lowest BCUT2D eigenvalue weighted by molar-refractivity contribution is -0.137. The molecule has 1 saturated heterocycles. The van der Waals surface area contributed by atoms with Gasteiger partial charge in [-0.15, -0.1) is 0 Å². The summed E-state index contributed by atoms with van der Waals surface area (Å²) in [6.45, 7) is 0.600. The molecule has 1 fully saturated rings. The smallest absolute Gasteiger partial charge is 0.417 e. The van der Waals surface area contributed by atoms with Crippen molar-refractivity contribution < 1.29 is 22.6 Å². The van der Waals surface area contributed by atoms with Crippen molar-refractivity contribution in [3.05, 3.63) is 22.8 Å². The number of ether oxygens (including phenoxy) is 2. The zero-order chi connectivity index (χ0) is 13.3. The van der Waals surface area contributed by atoms with Crippen LogP contribution in [0.2, 0.25) is 5.02 Å². The van der Waals surface area contributed by atoms with Gasteiger partial charge in [0, 0.05) is 6.20 Å². The Bertz CT molecular complexity index is 442. The van der Waals surface area contributed by atoms with Gasteiger partial charge in [0.25, 0.3) is 0 Å². The first kappa shape index (κ1) is 13.4. The third-order valence-electron chi connectivity index (χ3n) is 2.47. The van der Waals surface area contributed by atoms with Crippen LogP contribution >= 0.6 is 11.6 Å². The van der Waals surface area contributed by atoms with Gasteiger partial charge >= 0.3 is 6.18 Å². The van der Waals surface area contributed by atoms with Crippen molar-refractivity contribution >= 4 is 11.6 Å². The van der Waals surface area contributed by atoms with Crippen LogP contribution < -0.4 is 10.5 Å².